The van der Waals surface area contributed by atoms with Crippen molar-refractivity contribution in [1.29, 1.82) is 0 Å². The van der Waals surface area contributed by atoms with E-state index in [1.54, 1.807) is 0 Å². The molecule has 13 aromatic rings. The Hall–Kier alpha value is -7.82. The highest BCUT2D eigenvalue weighted by Crippen LogP contribution is 2.44. The van der Waals surface area contributed by atoms with Crippen LogP contribution in [0.3, 0.4) is 0 Å². The zero-order valence-electron chi connectivity index (χ0n) is 31.3. The van der Waals surface area contributed by atoms with Crippen LogP contribution in [0.1, 0.15) is 0 Å². The molecule has 4 heteroatoms. The topological polar surface area (TPSA) is 35.1 Å². The van der Waals surface area contributed by atoms with Crippen LogP contribution < -0.4 is 0 Å². The first-order valence-corrected chi connectivity index (χ1v) is 19.8. The lowest BCUT2D eigenvalue weighted by atomic mass is 9.98. The van der Waals surface area contributed by atoms with Gasteiger partial charge >= 0.3 is 0 Å². The molecule has 0 spiro atoms. The molecule has 0 saturated carbocycles. The molecule has 0 N–H and O–H groups in total. The Balaban J connectivity index is 1.01. The molecule has 4 nitrogen and oxygen atoms in total. The van der Waals surface area contributed by atoms with E-state index in [-0.39, 0.29) is 0 Å². The maximum absolute atomic E-state index is 5.43. The van der Waals surface area contributed by atoms with Crippen molar-refractivity contribution in [3.8, 4) is 39.1 Å². The molecule has 0 atom stereocenters. The molecule has 0 saturated heterocycles. The lowest BCUT2D eigenvalue weighted by Crippen LogP contribution is -1.92. The molecule has 0 aliphatic rings. The Labute approximate surface area is 332 Å². The maximum Gasteiger partial charge on any atom is 0.165 e. The number of rotatable bonds is 4. The number of hydrogen-bond donors (Lipinski definition) is 0. The number of hydrogen-bond acceptors (Lipinski definition) is 2. The fraction of sp³-hybridized carbons (Fsp3) is 0. The largest absolute Gasteiger partial charge is 0.309 e. The third-order valence-electron chi connectivity index (χ3n) is 12.2. The molecule has 268 valence electrons. The van der Waals surface area contributed by atoms with Crippen LogP contribution in [0.4, 0.5) is 0 Å². The van der Waals surface area contributed by atoms with Gasteiger partial charge in [-0.1, -0.05) is 133 Å². The highest BCUT2D eigenvalue weighted by atomic mass is 15.0. The summed E-state index contributed by atoms with van der Waals surface area (Å²) in [6.45, 7) is 0. The number of fused-ring (bicyclic) bond motifs is 12. The van der Waals surface area contributed by atoms with Crippen molar-refractivity contribution in [2.75, 3.05) is 0 Å². The minimum absolute atomic E-state index is 0.885. The van der Waals surface area contributed by atoms with Crippen LogP contribution in [0.15, 0.2) is 194 Å². The monoisotopic (exact) mass is 736 g/mol. The average molecular weight is 737 g/mol. The first-order valence-electron chi connectivity index (χ1n) is 19.8. The van der Waals surface area contributed by atoms with Crippen LogP contribution >= 0.6 is 0 Å². The van der Waals surface area contributed by atoms with Crippen molar-refractivity contribution in [2.45, 2.75) is 0 Å². The summed E-state index contributed by atoms with van der Waals surface area (Å²) in [5.74, 6) is 0. The Morgan fingerprint density at radius 2 is 0.931 bits per heavy atom. The van der Waals surface area contributed by atoms with Gasteiger partial charge in [-0.3, -0.25) is 4.40 Å². The van der Waals surface area contributed by atoms with E-state index in [1.807, 2.05) is 0 Å². The molecular formula is C54H32N4. The minimum Gasteiger partial charge on any atom is -0.309 e. The molecule has 0 aliphatic heterocycles. The number of para-hydroxylation sites is 2. The van der Waals surface area contributed by atoms with Crippen molar-refractivity contribution in [3.63, 3.8) is 0 Å². The van der Waals surface area contributed by atoms with Gasteiger partial charge in [-0.15, -0.1) is 0 Å². The molecule has 9 aromatic carbocycles. The van der Waals surface area contributed by atoms with E-state index >= 15 is 0 Å². The Kier molecular flexibility index (Phi) is 6.41. The van der Waals surface area contributed by atoms with Gasteiger partial charge in [-0.25, -0.2) is 9.97 Å². The third kappa shape index (κ3) is 4.45. The molecule has 0 aliphatic carbocycles. The molecule has 13 rings (SSSR count). The van der Waals surface area contributed by atoms with Gasteiger partial charge in [0, 0.05) is 32.6 Å². The minimum atomic E-state index is 0.885. The smallest absolute Gasteiger partial charge is 0.165 e. The molecule has 0 unspecified atom stereocenters. The zero-order valence-corrected chi connectivity index (χ0v) is 31.3. The van der Waals surface area contributed by atoms with Gasteiger partial charge in [0.15, 0.2) is 5.65 Å². The zero-order chi connectivity index (χ0) is 37.9. The summed E-state index contributed by atoms with van der Waals surface area (Å²) in [5.41, 5.74) is 16.6. The number of aromatic nitrogens is 4. The van der Waals surface area contributed by atoms with E-state index < -0.39 is 0 Å². The highest BCUT2D eigenvalue weighted by molar-refractivity contribution is 6.31. The highest BCUT2D eigenvalue weighted by Gasteiger charge is 2.23. The number of benzene rings is 9. The van der Waals surface area contributed by atoms with Crippen molar-refractivity contribution in [2.24, 2.45) is 0 Å². The quantitative estimate of drug-likeness (QED) is 0.180. The second kappa shape index (κ2) is 11.8. The fourth-order valence-electron chi connectivity index (χ4n) is 9.53. The summed E-state index contributed by atoms with van der Waals surface area (Å²) in [4.78, 5) is 10.8. The van der Waals surface area contributed by atoms with Crippen LogP contribution in [0.25, 0.3) is 121 Å². The van der Waals surface area contributed by atoms with Gasteiger partial charge in [0.25, 0.3) is 0 Å². The summed E-state index contributed by atoms with van der Waals surface area (Å²) in [6, 6.07) is 70.1. The summed E-state index contributed by atoms with van der Waals surface area (Å²) >= 11 is 0. The average Bonchev–Trinajstić information content (AvgIpc) is 3.92. The predicted molar refractivity (Wildman–Crippen MR) is 242 cm³/mol. The lowest BCUT2D eigenvalue weighted by molar-refractivity contribution is 1.18. The Morgan fingerprint density at radius 3 is 1.74 bits per heavy atom. The molecule has 0 bridgehead atoms. The van der Waals surface area contributed by atoms with E-state index in [9.17, 15) is 0 Å². The van der Waals surface area contributed by atoms with Crippen molar-refractivity contribution in [1.82, 2.24) is 18.9 Å². The summed E-state index contributed by atoms with van der Waals surface area (Å²) < 4.78 is 4.73. The van der Waals surface area contributed by atoms with Gasteiger partial charge in [-0.05, 0) is 105 Å². The van der Waals surface area contributed by atoms with E-state index in [0.717, 1.165) is 49.9 Å². The Morgan fingerprint density at radius 1 is 0.345 bits per heavy atom. The molecule has 0 radical (unpaired) electrons. The molecule has 58 heavy (non-hydrogen) atoms. The number of nitrogens with zero attached hydrogens (tertiary/aromatic N) is 4. The lowest BCUT2D eigenvalue weighted by Gasteiger charge is -2.08. The first-order chi connectivity index (χ1) is 28.7. The fourth-order valence-corrected chi connectivity index (χ4v) is 9.53. The summed E-state index contributed by atoms with van der Waals surface area (Å²) in [7, 11) is 0. The molecule has 4 heterocycles. The van der Waals surface area contributed by atoms with Gasteiger partial charge in [0.05, 0.1) is 33.1 Å². The first kappa shape index (κ1) is 31.4. The van der Waals surface area contributed by atoms with Crippen LogP contribution in [0, 0.1) is 0 Å². The van der Waals surface area contributed by atoms with Crippen LogP contribution in [-0.2, 0) is 0 Å². The van der Waals surface area contributed by atoms with Gasteiger partial charge < -0.3 is 4.57 Å². The maximum atomic E-state index is 5.43. The second-order valence-corrected chi connectivity index (χ2v) is 15.4. The van der Waals surface area contributed by atoms with Gasteiger partial charge in [-0.2, -0.15) is 0 Å². The normalized spacial score (nSPS) is 12.1. The van der Waals surface area contributed by atoms with Gasteiger partial charge in [0.1, 0.15) is 5.52 Å². The summed E-state index contributed by atoms with van der Waals surface area (Å²) in [6.07, 6.45) is 0. The SMILES string of the molecule is c1ccc(-c2ccc(-c3ccc4nc5c6cc7ccccc7c7c8cc(-c9ccc%10c(c9)c9ccccc9n%10-c9ccccc9)ccc8n(c5nc4c3)c67)cc2)cc1. The van der Waals surface area contributed by atoms with E-state index in [4.69, 9.17) is 9.97 Å². The van der Waals surface area contributed by atoms with Crippen molar-refractivity contribution in [3.05, 3.63) is 194 Å². The standard InChI is InChI=1S/C54H32N4/c1-3-11-33(12-4-1)34-19-21-35(22-20-34)38-23-26-46-47(32-38)56-54-52(55-46)45-31-39-13-7-8-16-41(39)51-44-30-37(25-28-50(44)58(54)53(45)51)36-24-27-49-43(29-36)42-17-9-10-18-48(42)57(49)40-14-5-2-6-15-40/h1-32H. The third-order valence-corrected chi connectivity index (χ3v) is 12.2. The summed E-state index contributed by atoms with van der Waals surface area (Å²) in [5, 5.41) is 8.53. The molecule has 0 fully saturated rings. The molecule has 0 amide bonds. The second-order valence-electron chi connectivity index (χ2n) is 15.4. The Bertz CT molecular complexity index is 3770. The van der Waals surface area contributed by atoms with Gasteiger partial charge in [0.2, 0.25) is 0 Å². The van der Waals surface area contributed by atoms with E-state index in [1.165, 1.54) is 71.1 Å². The molecular weight excluding hydrogens is 705 g/mol. The van der Waals surface area contributed by atoms with Crippen molar-refractivity contribution < 1.29 is 0 Å². The van der Waals surface area contributed by atoms with E-state index in [0.29, 0.717) is 0 Å². The van der Waals surface area contributed by atoms with Crippen LogP contribution in [0.5, 0.6) is 0 Å². The van der Waals surface area contributed by atoms with Crippen molar-refractivity contribution >= 4 is 82.0 Å². The van der Waals surface area contributed by atoms with E-state index in [2.05, 4.69) is 203 Å². The van der Waals surface area contributed by atoms with Crippen LogP contribution in [0.2, 0.25) is 0 Å². The molecule has 4 aromatic heterocycles. The van der Waals surface area contributed by atoms with Crippen LogP contribution in [-0.4, -0.2) is 18.9 Å². The predicted octanol–water partition coefficient (Wildman–Crippen LogP) is 14.0.